The SMILES string of the molecule is Cc1c(S(=O)(=O)N2CCC3(CC2)CC(NCC(O)COc2cccc(S(=O)(=O)NCCCN(C)C)c2)CO3)cnn1-c1ccccc1. The Morgan fingerprint density at radius 1 is 1.11 bits per heavy atom. The standard InChI is InChI=1S/C32H46N6O7S2/c1-25-31(22-34-38(25)27-9-5-4-6-10-27)47(42,43)37-17-13-32(14-18-37)20-26(23-45-32)33-21-28(39)24-44-29-11-7-12-30(19-29)46(40,41)35-15-8-16-36(2)3/h4-7,9-12,19,22,26,28,33,35,39H,8,13-18,20-21,23-24H2,1-3H3. The average molecular weight is 691 g/mol. The van der Waals surface area contributed by atoms with E-state index in [1.54, 1.807) is 23.7 Å². The minimum Gasteiger partial charge on any atom is -0.491 e. The molecule has 1 aromatic heterocycles. The summed E-state index contributed by atoms with van der Waals surface area (Å²) in [5.74, 6) is 0.354. The Balaban J connectivity index is 1.06. The van der Waals surface area contributed by atoms with Gasteiger partial charge in [0, 0.05) is 38.3 Å². The van der Waals surface area contributed by atoms with Crippen molar-refractivity contribution in [2.45, 2.75) is 60.1 Å². The van der Waals surface area contributed by atoms with E-state index < -0.39 is 31.8 Å². The van der Waals surface area contributed by atoms with Crippen molar-refractivity contribution >= 4 is 20.0 Å². The molecule has 1 spiro atoms. The third kappa shape index (κ3) is 8.78. The summed E-state index contributed by atoms with van der Waals surface area (Å²) in [7, 11) is -3.52. The first kappa shape index (κ1) is 35.4. The lowest BCUT2D eigenvalue weighted by Gasteiger charge is -2.38. The van der Waals surface area contributed by atoms with Crippen molar-refractivity contribution in [3.63, 3.8) is 0 Å². The van der Waals surface area contributed by atoms with Crippen molar-refractivity contribution in [1.29, 1.82) is 0 Å². The number of aliphatic hydroxyl groups excluding tert-OH is 1. The third-order valence-electron chi connectivity index (χ3n) is 8.70. The molecule has 2 atom stereocenters. The first-order chi connectivity index (χ1) is 22.4. The molecule has 3 N–H and O–H groups in total. The molecule has 47 heavy (non-hydrogen) atoms. The summed E-state index contributed by atoms with van der Waals surface area (Å²) in [5.41, 5.74) is 0.958. The number of piperidine rings is 1. The molecule has 258 valence electrons. The number of ether oxygens (including phenoxy) is 2. The van der Waals surface area contributed by atoms with Crippen molar-refractivity contribution in [1.82, 2.24) is 29.0 Å². The van der Waals surface area contributed by atoms with Gasteiger partial charge in [-0.05, 0) is 77.5 Å². The summed E-state index contributed by atoms with van der Waals surface area (Å²) in [5, 5.41) is 18.3. The summed E-state index contributed by atoms with van der Waals surface area (Å²) in [6.07, 6.45) is 3.15. The second kappa shape index (κ2) is 15.1. The predicted octanol–water partition coefficient (Wildman–Crippen LogP) is 1.75. The number of sulfonamides is 2. The summed E-state index contributed by atoms with van der Waals surface area (Å²) >= 11 is 0. The van der Waals surface area contributed by atoms with Crippen LogP contribution in [0.2, 0.25) is 0 Å². The van der Waals surface area contributed by atoms with Gasteiger partial charge < -0.3 is 24.8 Å². The van der Waals surface area contributed by atoms with E-state index in [0.29, 0.717) is 63.4 Å². The predicted molar refractivity (Wildman–Crippen MR) is 178 cm³/mol. The smallest absolute Gasteiger partial charge is 0.246 e. The topological polar surface area (TPSA) is 155 Å². The molecule has 0 amide bonds. The normalized spacial score (nSPS) is 19.4. The van der Waals surface area contributed by atoms with Crippen LogP contribution in [0.1, 0.15) is 31.4 Å². The lowest BCUT2D eigenvalue weighted by molar-refractivity contribution is -0.0312. The zero-order chi connectivity index (χ0) is 33.7. The molecule has 0 saturated carbocycles. The number of aliphatic hydroxyl groups is 1. The summed E-state index contributed by atoms with van der Waals surface area (Å²) in [6, 6.07) is 15.7. The van der Waals surface area contributed by atoms with E-state index in [1.807, 2.05) is 49.3 Å². The van der Waals surface area contributed by atoms with Crippen LogP contribution in [0.5, 0.6) is 5.75 Å². The van der Waals surface area contributed by atoms with Gasteiger partial charge in [0.05, 0.1) is 34.7 Å². The maximum atomic E-state index is 13.5. The number of para-hydroxylation sites is 1. The van der Waals surface area contributed by atoms with Gasteiger partial charge in [-0.3, -0.25) is 0 Å². The van der Waals surface area contributed by atoms with Gasteiger partial charge in [0.1, 0.15) is 23.4 Å². The second-order valence-corrected chi connectivity index (χ2v) is 16.2. The van der Waals surface area contributed by atoms with E-state index in [-0.39, 0.29) is 29.0 Å². The molecule has 0 radical (unpaired) electrons. The number of aromatic nitrogens is 2. The molecular weight excluding hydrogens is 645 g/mol. The number of rotatable bonds is 15. The quantitative estimate of drug-likeness (QED) is 0.201. The van der Waals surface area contributed by atoms with Crippen molar-refractivity contribution in [2.24, 2.45) is 0 Å². The van der Waals surface area contributed by atoms with Gasteiger partial charge in [0.2, 0.25) is 20.0 Å². The first-order valence-electron chi connectivity index (χ1n) is 15.9. The Hall–Kier alpha value is -2.89. The molecule has 2 fully saturated rings. The molecule has 0 aliphatic carbocycles. The van der Waals surface area contributed by atoms with Crippen LogP contribution in [0.3, 0.4) is 0 Å². The highest BCUT2D eigenvalue weighted by atomic mass is 32.2. The lowest BCUT2D eigenvalue weighted by Crippen LogP contribution is -2.47. The zero-order valence-electron chi connectivity index (χ0n) is 27.2. The van der Waals surface area contributed by atoms with E-state index >= 15 is 0 Å². The first-order valence-corrected chi connectivity index (χ1v) is 18.8. The number of nitrogens with one attached hydrogen (secondary N) is 2. The number of benzene rings is 2. The highest BCUT2D eigenvalue weighted by molar-refractivity contribution is 7.89. The van der Waals surface area contributed by atoms with Crippen LogP contribution in [0.4, 0.5) is 0 Å². The number of nitrogens with zero attached hydrogens (tertiary/aromatic N) is 4. The van der Waals surface area contributed by atoms with E-state index in [4.69, 9.17) is 9.47 Å². The summed E-state index contributed by atoms with van der Waals surface area (Å²) < 4.78 is 70.1. The maximum absolute atomic E-state index is 13.5. The van der Waals surface area contributed by atoms with E-state index in [9.17, 15) is 21.9 Å². The molecule has 13 nitrogen and oxygen atoms in total. The number of hydrogen-bond acceptors (Lipinski definition) is 10. The van der Waals surface area contributed by atoms with Gasteiger partial charge in [-0.15, -0.1) is 0 Å². The Morgan fingerprint density at radius 2 is 1.85 bits per heavy atom. The van der Waals surface area contributed by atoms with Crippen LogP contribution in [0.25, 0.3) is 5.69 Å². The largest absolute Gasteiger partial charge is 0.491 e. The Labute approximate surface area is 278 Å². The average Bonchev–Trinajstić information content (AvgIpc) is 3.65. The van der Waals surface area contributed by atoms with Crippen molar-refractivity contribution < 1.29 is 31.4 Å². The fourth-order valence-electron chi connectivity index (χ4n) is 6.04. The molecule has 0 bridgehead atoms. The Morgan fingerprint density at radius 3 is 2.57 bits per heavy atom. The second-order valence-electron chi connectivity index (χ2n) is 12.5. The monoisotopic (exact) mass is 690 g/mol. The summed E-state index contributed by atoms with van der Waals surface area (Å²) in [4.78, 5) is 2.31. The molecule has 2 saturated heterocycles. The minimum atomic E-state index is -3.72. The minimum absolute atomic E-state index is 0.00574. The molecule has 2 aliphatic heterocycles. The molecule has 15 heteroatoms. The van der Waals surface area contributed by atoms with Crippen LogP contribution in [0, 0.1) is 6.92 Å². The van der Waals surface area contributed by atoms with Crippen LogP contribution in [0.15, 0.2) is 70.6 Å². The Bertz CT molecular complexity index is 1690. The fourth-order valence-corrected chi connectivity index (χ4v) is 8.74. The van der Waals surface area contributed by atoms with Crippen LogP contribution < -0.4 is 14.8 Å². The zero-order valence-corrected chi connectivity index (χ0v) is 28.8. The van der Waals surface area contributed by atoms with Gasteiger partial charge in [-0.1, -0.05) is 24.3 Å². The molecule has 2 unspecified atom stereocenters. The van der Waals surface area contributed by atoms with Crippen LogP contribution in [-0.2, 0) is 24.8 Å². The van der Waals surface area contributed by atoms with Crippen molar-refractivity contribution in [3.05, 3.63) is 66.5 Å². The molecule has 5 rings (SSSR count). The van der Waals surface area contributed by atoms with E-state index in [0.717, 1.165) is 12.2 Å². The van der Waals surface area contributed by atoms with Crippen LogP contribution in [-0.4, -0.2) is 119 Å². The lowest BCUT2D eigenvalue weighted by atomic mass is 9.88. The highest BCUT2D eigenvalue weighted by Crippen LogP contribution is 2.37. The molecule has 3 aromatic rings. The molecule has 2 aromatic carbocycles. The molecular formula is C32H46N6O7S2. The van der Waals surface area contributed by atoms with E-state index in [2.05, 4.69) is 15.1 Å². The Kier molecular flexibility index (Phi) is 11.4. The fraction of sp³-hybridized carbons (Fsp3) is 0.531. The third-order valence-corrected chi connectivity index (χ3v) is 12.2. The van der Waals surface area contributed by atoms with Gasteiger partial charge >= 0.3 is 0 Å². The summed E-state index contributed by atoms with van der Waals surface area (Å²) in [6.45, 7) is 4.29. The van der Waals surface area contributed by atoms with Gasteiger partial charge in [0.15, 0.2) is 0 Å². The number of hydrogen-bond donors (Lipinski definition) is 3. The molecule has 3 heterocycles. The van der Waals surface area contributed by atoms with Crippen molar-refractivity contribution in [3.8, 4) is 11.4 Å². The maximum Gasteiger partial charge on any atom is 0.246 e. The molecule has 2 aliphatic rings. The van der Waals surface area contributed by atoms with Crippen molar-refractivity contribution in [2.75, 3.05) is 60.0 Å². The van der Waals surface area contributed by atoms with Gasteiger partial charge in [-0.2, -0.15) is 9.40 Å². The van der Waals surface area contributed by atoms with Gasteiger partial charge in [0.25, 0.3) is 0 Å². The van der Waals surface area contributed by atoms with Crippen LogP contribution >= 0.6 is 0 Å². The van der Waals surface area contributed by atoms with Gasteiger partial charge in [-0.25, -0.2) is 26.2 Å². The van der Waals surface area contributed by atoms with E-state index in [1.165, 1.54) is 22.6 Å². The highest BCUT2D eigenvalue weighted by Gasteiger charge is 2.45.